The second kappa shape index (κ2) is 5.01. The predicted octanol–water partition coefficient (Wildman–Crippen LogP) is 2.54. The molecule has 2 aromatic rings. The van der Waals surface area contributed by atoms with Crippen molar-refractivity contribution in [1.29, 1.82) is 0 Å². The van der Waals surface area contributed by atoms with E-state index in [1.165, 1.54) is 30.1 Å². The molecular weight excluding hydrogens is 243 g/mol. The summed E-state index contributed by atoms with van der Waals surface area (Å²) < 4.78 is 12.6. The Labute approximate surface area is 101 Å². The molecule has 0 fully saturated rings. The van der Waals surface area contributed by atoms with E-state index in [0.29, 0.717) is 11.6 Å². The molecule has 6 heteroatoms. The first-order valence-electron chi connectivity index (χ1n) is 4.80. The molecule has 2 N–H and O–H groups in total. The zero-order valence-corrected chi connectivity index (χ0v) is 9.50. The maximum atomic E-state index is 12.6. The number of carboxylic acids is 1. The molecule has 0 saturated heterocycles. The summed E-state index contributed by atoms with van der Waals surface area (Å²) in [5.41, 5.74) is 0.0692. The lowest BCUT2D eigenvalue weighted by Crippen LogP contribution is -1.96. The minimum atomic E-state index is -1.03. The van der Waals surface area contributed by atoms with Gasteiger partial charge in [-0.3, -0.25) is 0 Å². The van der Waals surface area contributed by atoms with Gasteiger partial charge >= 0.3 is 5.97 Å². The smallest absolute Gasteiger partial charge is 0.353 e. The fraction of sp³-hybridized carbons (Fsp3) is 0.0909. The average Bonchev–Trinajstić information content (AvgIpc) is 2.77. The fourth-order valence-corrected chi connectivity index (χ4v) is 2.01. The number of aromatic amines is 1. The molecule has 88 valence electrons. The van der Waals surface area contributed by atoms with Crippen molar-refractivity contribution >= 4 is 17.7 Å². The third-order valence-electron chi connectivity index (χ3n) is 2.05. The summed E-state index contributed by atoms with van der Waals surface area (Å²) in [6.45, 7) is 0. The number of hydrogen-bond donors (Lipinski definition) is 2. The molecule has 1 aromatic carbocycles. The number of aromatic nitrogens is 2. The van der Waals surface area contributed by atoms with Crippen molar-refractivity contribution in [2.45, 2.75) is 10.6 Å². The minimum Gasteiger partial charge on any atom is -0.477 e. The van der Waals surface area contributed by atoms with Crippen molar-refractivity contribution in [3.8, 4) is 0 Å². The molecule has 0 saturated carbocycles. The maximum absolute atomic E-state index is 12.6. The number of imidazole rings is 1. The summed E-state index contributed by atoms with van der Waals surface area (Å²) in [5.74, 6) is -0.216. The highest BCUT2D eigenvalue weighted by Crippen LogP contribution is 2.21. The average molecular weight is 252 g/mol. The molecule has 0 aliphatic heterocycles. The van der Waals surface area contributed by atoms with Gasteiger partial charge in [0.1, 0.15) is 17.3 Å². The number of carboxylic acid groups (broad SMARTS) is 1. The molecule has 0 spiro atoms. The number of H-pyrrole nitrogens is 1. The lowest BCUT2D eigenvalue weighted by molar-refractivity contribution is 0.0691. The third-order valence-corrected chi connectivity index (χ3v) is 3.07. The number of nitrogens with zero attached hydrogens (tertiary/aromatic N) is 1. The van der Waals surface area contributed by atoms with Crippen LogP contribution in [0.5, 0.6) is 0 Å². The topological polar surface area (TPSA) is 66.0 Å². The molecule has 17 heavy (non-hydrogen) atoms. The molecule has 2 rings (SSSR count). The Morgan fingerprint density at radius 2 is 2.12 bits per heavy atom. The van der Waals surface area contributed by atoms with Gasteiger partial charge in [-0.1, -0.05) is 0 Å². The molecule has 1 aromatic heterocycles. The SMILES string of the molecule is O=C(O)c1cnc(CSc2ccc(F)cc2)[nH]1. The maximum Gasteiger partial charge on any atom is 0.353 e. The van der Waals surface area contributed by atoms with Crippen molar-refractivity contribution < 1.29 is 14.3 Å². The lowest BCUT2D eigenvalue weighted by Gasteiger charge is -1.98. The second-order valence-electron chi connectivity index (χ2n) is 3.29. The molecule has 0 unspecified atom stereocenters. The van der Waals surface area contributed by atoms with E-state index < -0.39 is 5.97 Å². The van der Waals surface area contributed by atoms with E-state index in [0.717, 1.165) is 4.90 Å². The number of aromatic carboxylic acids is 1. The minimum absolute atomic E-state index is 0.0692. The van der Waals surface area contributed by atoms with E-state index in [4.69, 9.17) is 5.11 Å². The summed E-state index contributed by atoms with van der Waals surface area (Å²) in [6, 6.07) is 6.10. The van der Waals surface area contributed by atoms with E-state index in [1.807, 2.05) is 0 Å². The largest absolute Gasteiger partial charge is 0.477 e. The van der Waals surface area contributed by atoms with Crippen LogP contribution >= 0.6 is 11.8 Å². The number of hydrogen-bond acceptors (Lipinski definition) is 3. The number of thioether (sulfide) groups is 1. The molecular formula is C11H9FN2O2S. The molecule has 1 heterocycles. The van der Waals surface area contributed by atoms with Crippen molar-refractivity contribution in [1.82, 2.24) is 9.97 Å². The summed E-state index contributed by atoms with van der Waals surface area (Å²) in [4.78, 5) is 18.1. The summed E-state index contributed by atoms with van der Waals surface area (Å²) in [5, 5.41) is 8.69. The molecule has 0 amide bonds. The van der Waals surface area contributed by atoms with Crippen LogP contribution < -0.4 is 0 Å². The van der Waals surface area contributed by atoms with Crippen LogP contribution in [0.2, 0.25) is 0 Å². The Morgan fingerprint density at radius 3 is 2.71 bits per heavy atom. The molecule has 0 radical (unpaired) electrons. The van der Waals surface area contributed by atoms with Gasteiger partial charge in [-0.05, 0) is 24.3 Å². The number of rotatable bonds is 4. The summed E-state index contributed by atoms with van der Waals surface area (Å²) in [7, 11) is 0. The van der Waals surface area contributed by atoms with Crippen LogP contribution in [0.15, 0.2) is 35.4 Å². The van der Waals surface area contributed by atoms with Gasteiger partial charge in [0.15, 0.2) is 0 Å². The van der Waals surface area contributed by atoms with Crippen LogP contribution in [0.1, 0.15) is 16.3 Å². The number of halogens is 1. The first kappa shape index (κ1) is 11.7. The Balaban J connectivity index is 1.97. The monoisotopic (exact) mass is 252 g/mol. The van der Waals surface area contributed by atoms with Gasteiger partial charge in [0.2, 0.25) is 0 Å². The predicted molar refractivity (Wildman–Crippen MR) is 61.5 cm³/mol. The van der Waals surface area contributed by atoms with E-state index in [9.17, 15) is 9.18 Å². The Bertz CT molecular complexity index is 525. The van der Waals surface area contributed by atoms with Crippen LogP contribution in [0.25, 0.3) is 0 Å². The van der Waals surface area contributed by atoms with Crippen molar-refractivity contribution in [3.05, 3.63) is 47.8 Å². The van der Waals surface area contributed by atoms with E-state index >= 15 is 0 Å². The summed E-state index contributed by atoms with van der Waals surface area (Å²) in [6.07, 6.45) is 1.28. The van der Waals surface area contributed by atoms with Crippen LogP contribution in [0, 0.1) is 5.82 Å². The van der Waals surface area contributed by atoms with Gasteiger partial charge in [-0.15, -0.1) is 11.8 Å². The van der Waals surface area contributed by atoms with Crippen molar-refractivity contribution in [3.63, 3.8) is 0 Å². The number of carbonyl (C=O) groups is 1. The van der Waals surface area contributed by atoms with Gasteiger partial charge in [0.05, 0.1) is 11.9 Å². The van der Waals surface area contributed by atoms with Gasteiger partial charge in [0.25, 0.3) is 0 Å². The lowest BCUT2D eigenvalue weighted by atomic mass is 10.4. The molecule has 0 aliphatic carbocycles. The molecule has 0 atom stereocenters. The van der Waals surface area contributed by atoms with Gasteiger partial charge in [-0.2, -0.15) is 0 Å². The van der Waals surface area contributed by atoms with Crippen molar-refractivity contribution in [2.75, 3.05) is 0 Å². The van der Waals surface area contributed by atoms with E-state index in [1.54, 1.807) is 12.1 Å². The number of benzene rings is 1. The quantitative estimate of drug-likeness (QED) is 0.821. The standard InChI is InChI=1S/C11H9FN2O2S/c12-7-1-3-8(4-2-7)17-6-10-13-5-9(14-10)11(15)16/h1-5H,6H2,(H,13,14)(H,15,16). The zero-order valence-electron chi connectivity index (χ0n) is 8.68. The fourth-order valence-electron chi connectivity index (χ4n) is 1.23. The highest BCUT2D eigenvalue weighted by Gasteiger charge is 2.07. The Morgan fingerprint density at radius 1 is 1.41 bits per heavy atom. The van der Waals surface area contributed by atoms with Gasteiger partial charge in [-0.25, -0.2) is 14.2 Å². The third kappa shape index (κ3) is 3.07. The Kier molecular flexibility index (Phi) is 3.43. The first-order chi connectivity index (χ1) is 8.15. The Hall–Kier alpha value is -1.82. The van der Waals surface area contributed by atoms with E-state index in [-0.39, 0.29) is 11.5 Å². The molecule has 4 nitrogen and oxygen atoms in total. The molecule has 0 bridgehead atoms. The highest BCUT2D eigenvalue weighted by molar-refractivity contribution is 7.98. The summed E-state index contributed by atoms with van der Waals surface area (Å²) >= 11 is 1.45. The van der Waals surface area contributed by atoms with Gasteiger partial charge in [0, 0.05) is 4.90 Å². The van der Waals surface area contributed by atoms with Crippen LogP contribution in [0.4, 0.5) is 4.39 Å². The first-order valence-corrected chi connectivity index (χ1v) is 5.79. The van der Waals surface area contributed by atoms with E-state index in [2.05, 4.69) is 9.97 Å². The van der Waals surface area contributed by atoms with Crippen molar-refractivity contribution in [2.24, 2.45) is 0 Å². The normalized spacial score (nSPS) is 10.4. The van der Waals surface area contributed by atoms with Crippen LogP contribution in [0.3, 0.4) is 0 Å². The second-order valence-corrected chi connectivity index (χ2v) is 4.34. The molecule has 0 aliphatic rings. The van der Waals surface area contributed by atoms with Crippen LogP contribution in [-0.2, 0) is 5.75 Å². The number of nitrogens with one attached hydrogen (secondary N) is 1. The highest BCUT2D eigenvalue weighted by atomic mass is 32.2. The zero-order chi connectivity index (χ0) is 12.3. The van der Waals surface area contributed by atoms with Gasteiger partial charge < -0.3 is 10.1 Å². The van der Waals surface area contributed by atoms with Crippen LogP contribution in [-0.4, -0.2) is 21.0 Å².